The van der Waals surface area contributed by atoms with Crippen LogP contribution in [0.4, 0.5) is 4.39 Å². The highest BCUT2D eigenvalue weighted by Gasteiger charge is 2.34. The Kier molecular flexibility index (Phi) is 5.29. The van der Waals surface area contributed by atoms with Crippen molar-refractivity contribution in [2.24, 2.45) is 11.3 Å². The van der Waals surface area contributed by atoms with Gasteiger partial charge in [-0.3, -0.25) is 11.3 Å². The molecule has 0 aliphatic carbocycles. The predicted octanol–water partition coefficient (Wildman–Crippen LogP) is 2.40. The van der Waals surface area contributed by atoms with Gasteiger partial charge in [-0.15, -0.1) is 0 Å². The average molecular weight is 270 g/mol. The lowest BCUT2D eigenvalue weighted by Crippen LogP contribution is -2.44. The van der Waals surface area contributed by atoms with E-state index in [1.54, 1.807) is 20.3 Å². The van der Waals surface area contributed by atoms with E-state index in [1.807, 2.05) is 20.8 Å². The molecule has 1 aromatic rings. The lowest BCUT2D eigenvalue weighted by molar-refractivity contribution is -0.0125. The van der Waals surface area contributed by atoms with Crippen LogP contribution in [0.1, 0.15) is 32.4 Å². The first-order valence-corrected chi connectivity index (χ1v) is 6.17. The van der Waals surface area contributed by atoms with Crippen molar-refractivity contribution in [1.82, 2.24) is 5.43 Å². The molecule has 0 heterocycles. The molecule has 0 amide bonds. The molecule has 5 heteroatoms. The minimum absolute atomic E-state index is 0.164. The summed E-state index contributed by atoms with van der Waals surface area (Å²) in [5.41, 5.74) is 3.19. The van der Waals surface area contributed by atoms with E-state index in [4.69, 9.17) is 15.3 Å². The van der Waals surface area contributed by atoms with E-state index in [1.165, 1.54) is 12.1 Å². The highest BCUT2D eigenvalue weighted by Crippen LogP contribution is 2.36. The SMILES string of the molecule is COc1ccc(F)cc1C(NN)C(OC)C(C)(C)C. The number of hydrogen-bond acceptors (Lipinski definition) is 4. The van der Waals surface area contributed by atoms with Gasteiger partial charge in [-0.2, -0.15) is 0 Å². The molecule has 1 aromatic carbocycles. The number of methoxy groups -OCH3 is 2. The number of nitrogens with one attached hydrogen (secondary N) is 1. The van der Waals surface area contributed by atoms with Crippen LogP contribution in [0.25, 0.3) is 0 Å². The highest BCUT2D eigenvalue weighted by molar-refractivity contribution is 5.37. The van der Waals surface area contributed by atoms with Crippen LogP contribution in [-0.2, 0) is 4.74 Å². The van der Waals surface area contributed by atoms with E-state index in [9.17, 15) is 4.39 Å². The van der Waals surface area contributed by atoms with Crippen molar-refractivity contribution < 1.29 is 13.9 Å². The van der Waals surface area contributed by atoms with Crippen molar-refractivity contribution in [3.63, 3.8) is 0 Å². The molecule has 0 saturated heterocycles. The molecule has 19 heavy (non-hydrogen) atoms. The molecule has 2 unspecified atom stereocenters. The summed E-state index contributed by atoms with van der Waals surface area (Å²) in [7, 11) is 3.16. The number of halogens is 1. The van der Waals surface area contributed by atoms with Crippen LogP contribution in [0.15, 0.2) is 18.2 Å². The first kappa shape index (κ1) is 15.9. The van der Waals surface area contributed by atoms with Gasteiger partial charge in [0.1, 0.15) is 11.6 Å². The van der Waals surface area contributed by atoms with Gasteiger partial charge in [-0.05, 0) is 23.6 Å². The molecule has 3 N–H and O–H groups in total. The summed E-state index contributed by atoms with van der Waals surface area (Å²) >= 11 is 0. The molecule has 0 aromatic heterocycles. The van der Waals surface area contributed by atoms with Crippen LogP contribution in [0.5, 0.6) is 5.75 Å². The van der Waals surface area contributed by atoms with E-state index in [0.717, 1.165) is 0 Å². The van der Waals surface area contributed by atoms with Crippen LogP contribution in [0.3, 0.4) is 0 Å². The van der Waals surface area contributed by atoms with Gasteiger partial charge < -0.3 is 9.47 Å². The molecular weight excluding hydrogens is 247 g/mol. The average Bonchev–Trinajstić information content (AvgIpc) is 2.34. The number of benzene rings is 1. The van der Waals surface area contributed by atoms with Crippen LogP contribution in [0, 0.1) is 11.2 Å². The second-order valence-electron chi connectivity index (χ2n) is 5.55. The fourth-order valence-corrected chi connectivity index (χ4v) is 2.28. The van der Waals surface area contributed by atoms with Crippen molar-refractivity contribution >= 4 is 0 Å². The molecule has 0 aliphatic rings. The third kappa shape index (κ3) is 3.65. The Labute approximate surface area is 114 Å². The monoisotopic (exact) mass is 270 g/mol. The summed E-state index contributed by atoms with van der Waals surface area (Å²) in [6.45, 7) is 6.12. The van der Waals surface area contributed by atoms with E-state index in [2.05, 4.69) is 5.43 Å². The smallest absolute Gasteiger partial charge is 0.123 e. The second kappa shape index (κ2) is 6.32. The maximum Gasteiger partial charge on any atom is 0.123 e. The van der Waals surface area contributed by atoms with Crippen molar-refractivity contribution in [3.05, 3.63) is 29.6 Å². The molecule has 0 aliphatic heterocycles. The number of hydrazine groups is 1. The lowest BCUT2D eigenvalue weighted by atomic mass is 9.82. The van der Waals surface area contributed by atoms with Crippen LogP contribution in [-0.4, -0.2) is 20.3 Å². The minimum Gasteiger partial charge on any atom is -0.496 e. The lowest BCUT2D eigenvalue weighted by Gasteiger charge is -2.36. The molecule has 0 saturated carbocycles. The Bertz CT molecular complexity index is 418. The Morgan fingerprint density at radius 3 is 2.32 bits per heavy atom. The Morgan fingerprint density at radius 1 is 1.26 bits per heavy atom. The number of hydrogen-bond donors (Lipinski definition) is 2. The fraction of sp³-hybridized carbons (Fsp3) is 0.571. The Morgan fingerprint density at radius 2 is 1.89 bits per heavy atom. The summed E-state index contributed by atoms with van der Waals surface area (Å²) < 4.78 is 24.3. The quantitative estimate of drug-likeness (QED) is 0.637. The zero-order valence-corrected chi connectivity index (χ0v) is 12.2. The van der Waals surface area contributed by atoms with E-state index in [-0.39, 0.29) is 23.4 Å². The highest BCUT2D eigenvalue weighted by atomic mass is 19.1. The summed E-state index contributed by atoms with van der Waals surface area (Å²) in [5, 5.41) is 0. The molecular formula is C14H23FN2O2. The molecule has 0 radical (unpaired) electrons. The van der Waals surface area contributed by atoms with Crippen molar-refractivity contribution in [3.8, 4) is 5.75 Å². The first-order valence-electron chi connectivity index (χ1n) is 6.17. The number of rotatable bonds is 5. The summed E-state index contributed by atoms with van der Waals surface area (Å²) in [6, 6.07) is 4.00. The van der Waals surface area contributed by atoms with Crippen molar-refractivity contribution in [2.75, 3.05) is 14.2 Å². The molecule has 0 fully saturated rings. The Hall–Kier alpha value is -1.17. The van der Waals surface area contributed by atoms with Crippen LogP contribution >= 0.6 is 0 Å². The molecule has 108 valence electrons. The largest absolute Gasteiger partial charge is 0.496 e. The van der Waals surface area contributed by atoms with Gasteiger partial charge >= 0.3 is 0 Å². The molecule has 4 nitrogen and oxygen atoms in total. The van der Waals surface area contributed by atoms with Gasteiger partial charge in [0.25, 0.3) is 0 Å². The molecule has 0 bridgehead atoms. The van der Waals surface area contributed by atoms with Crippen molar-refractivity contribution in [1.29, 1.82) is 0 Å². The van der Waals surface area contributed by atoms with Crippen molar-refractivity contribution in [2.45, 2.75) is 32.9 Å². The normalized spacial score (nSPS) is 15.1. The Balaban J connectivity index is 3.25. The summed E-state index contributed by atoms with van der Waals surface area (Å²) in [6.07, 6.45) is -0.229. The standard InChI is InChI=1S/C14H23FN2O2/c1-14(2,3)13(19-5)12(17-16)10-8-9(15)6-7-11(10)18-4/h6-8,12-13,17H,16H2,1-5H3. The fourth-order valence-electron chi connectivity index (χ4n) is 2.28. The van der Waals surface area contributed by atoms with E-state index in [0.29, 0.717) is 11.3 Å². The number of ether oxygens (including phenoxy) is 2. The van der Waals surface area contributed by atoms with Gasteiger partial charge in [0.2, 0.25) is 0 Å². The van der Waals surface area contributed by atoms with Gasteiger partial charge in [0, 0.05) is 12.7 Å². The van der Waals surface area contributed by atoms with E-state index < -0.39 is 0 Å². The van der Waals surface area contributed by atoms with Gasteiger partial charge in [0.05, 0.1) is 19.3 Å². The number of nitrogens with two attached hydrogens (primary N) is 1. The maximum absolute atomic E-state index is 13.5. The molecule has 2 atom stereocenters. The maximum atomic E-state index is 13.5. The zero-order chi connectivity index (χ0) is 14.6. The molecule has 1 rings (SSSR count). The van der Waals surface area contributed by atoms with Gasteiger partial charge in [0.15, 0.2) is 0 Å². The minimum atomic E-state index is -0.365. The van der Waals surface area contributed by atoms with Gasteiger partial charge in [-0.1, -0.05) is 20.8 Å². The second-order valence-corrected chi connectivity index (χ2v) is 5.55. The third-order valence-electron chi connectivity index (χ3n) is 3.12. The third-order valence-corrected chi connectivity index (χ3v) is 3.12. The van der Waals surface area contributed by atoms with E-state index >= 15 is 0 Å². The van der Waals surface area contributed by atoms with Crippen LogP contribution in [0.2, 0.25) is 0 Å². The topological polar surface area (TPSA) is 56.5 Å². The summed E-state index contributed by atoms with van der Waals surface area (Å²) in [5.74, 6) is 5.89. The first-order chi connectivity index (χ1) is 8.85. The zero-order valence-electron chi connectivity index (χ0n) is 12.2. The summed E-state index contributed by atoms with van der Waals surface area (Å²) in [4.78, 5) is 0. The molecule has 0 spiro atoms. The predicted molar refractivity (Wildman–Crippen MR) is 73.3 cm³/mol. The van der Waals surface area contributed by atoms with Crippen LogP contribution < -0.4 is 16.0 Å². The van der Waals surface area contributed by atoms with Gasteiger partial charge in [-0.25, -0.2) is 4.39 Å².